The van der Waals surface area contributed by atoms with Crippen LogP contribution in [0.25, 0.3) is 0 Å². The van der Waals surface area contributed by atoms with Crippen LogP contribution in [0.5, 0.6) is 0 Å². The minimum Gasteiger partial charge on any atom is -0.395 e. The lowest BCUT2D eigenvalue weighted by Gasteiger charge is -2.30. The lowest BCUT2D eigenvalue weighted by molar-refractivity contribution is -0.116. The third-order valence-electron chi connectivity index (χ3n) is 2.55. The molecule has 0 aromatic heterocycles. The quantitative estimate of drug-likeness (QED) is 0.602. The highest BCUT2D eigenvalue weighted by molar-refractivity contribution is 5.58. The van der Waals surface area contributed by atoms with Gasteiger partial charge in [-0.2, -0.15) is 0 Å². The van der Waals surface area contributed by atoms with E-state index in [0.29, 0.717) is 6.54 Å². The van der Waals surface area contributed by atoms with Crippen LogP contribution in [0, 0.1) is 5.41 Å². The zero-order valence-electron chi connectivity index (χ0n) is 9.62. The first-order chi connectivity index (χ1) is 6.61. The average Bonchev–Trinajstić information content (AvgIpc) is 2.17. The Labute approximate surface area is 87.1 Å². The molecule has 0 aliphatic carbocycles. The summed E-state index contributed by atoms with van der Waals surface area (Å²) >= 11 is 0. The van der Waals surface area contributed by atoms with Gasteiger partial charge < -0.3 is 14.8 Å². The predicted molar refractivity (Wildman–Crippen MR) is 58.3 cm³/mol. The minimum absolute atomic E-state index is 0.162. The summed E-state index contributed by atoms with van der Waals surface area (Å²) in [5.41, 5.74) is -0.250. The van der Waals surface area contributed by atoms with Crippen LogP contribution < -0.4 is 0 Å². The van der Waals surface area contributed by atoms with Gasteiger partial charge in [0.2, 0.25) is 0 Å². The first-order valence-electron chi connectivity index (χ1n) is 5.41. The van der Waals surface area contributed by atoms with Crippen LogP contribution in [0.15, 0.2) is 0 Å². The molecule has 3 heteroatoms. The van der Waals surface area contributed by atoms with Gasteiger partial charge in [0.25, 0.3) is 0 Å². The zero-order valence-corrected chi connectivity index (χ0v) is 9.62. The molecule has 0 saturated heterocycles. The van der Waals surface area contributed by atoms with Gasteiger partial charge in [-0.05, 0) is 13.0 Å². The Hall–Kier alpha value is -0.410. The Morgan fingerprint density at radius 3 is 2.43 bits per heavy atom. The van der Waals surface area contributed by atoms with Gasteiger partial charge in [0.05, 0.1) is 6.61 Å². The van der Waals surface area contributed by atoms with Crippen molar-refractivity contribution in [2.24, 2.45) is 5.41 Å². The van der Waals surface area contributed by atoms with Crippen LogP contribution in [-0.4, -0.2) is 42.5 Å². The Morgan fingerprint density at radius 1 is 1.43 bits per heavy atom. The van der Waals surface area contributed by atoms with Gasteiger partial charge in [0.1, 0.15) is 6.29 Å². The molecule has 0 aliphatic heterocycles. The summed E-state index contributed by atoms with van der Waals surface area (Å²) in [6.07, 6.45) is 2.99. The fourth-order valence-electron chi connectivity index (χ4n) is 1.75. The van der Waals surface area contributed by atoms with Crippen LogP contribution in [0.2, 0.25) is 0 Å². The highest BCUT2D eigenvalue weighted by Crippen LogP contribution is 2.21. The average molecular weight is 201 g/mol. The van der Waals surface area contributed by atoms with Crippen LogP contribution in [0.4, 0.5) is 0 Å². The number of likely N-dealkylation sites (N-methyl/N-ethyl adjacent to an activating group) is 1. The first-order valence-corrected chi connectivity index (χ1v) is 5.41. The molecule has 1 N–H and O–H groups in total. The Balaban J connectivity index is 4.18. The summed E-state index contributed by atoms with van der Waals surface area (Å²) in [6, 6.07) is 0. The third kappa shape index (κ3) is 4.72. The van der Waals surface area contributed by atoms with Crippen molar-refractivity contribution >= 4 is 6.29 Å². The van der Waals surface area contributed by atoms with Gasteiger partial charge in [-0.1, -0.05) is 27.2 Å². The third-order valence-corrected chi connectivity index (χ3v) is 2.55. The molecule has 0 aliphatic rings. The molecule has 1 unspecified atom stereocenters. The van der Waals surface area contributed by atoms with E-state index in [9.17, 15) is 4.79 Å². The summed E-state index contributed by atoms with van der Waals surface area (Å²) in [6.45, 7) is 8.58. The highest BCUT2D eigenvalue weighted by atomic mass is 16.3. The van der Waals surface area contributed by atoms with Crippen molar-refractivity contribution < 1.29 is 9.90 Å². The number of rotatable bonds is 8. The summed E-state index contributed by atoms with van der Waals surface area (Å²) in [5.74, 6) is 0. The van der Waals surface area contributed by atoms with Crippen molar-refractivity contribution in [3.63, 3.8) is 0 Å². The Bertz CT molecular complexity index is 161. The molecule has 3 nitrogen and oxygen atoms in total. The smallest absolute Gasteiger partial charge is 0.127 e. The Kier molecular flexibility index (Phi) is 6.75. The summed E-state index contributed by atoms with van der Waals surface area (Å²) < 4.78 is 0. The molecule has 0 radical (unpaired) electrons. The summed E-state index contributed by atoms with van der Waals surface area (Å²) in [4.78, 5) is 13.1. The maximum atomic E-state index is 11.0. The fraction of sp³-hybridized carbons (Fsp3) is 0.909. The van der Waals surface area contributed by atoms with Gasteiger partial charge in [-0.3, -0.25) is 0 Å². The summed E-state index contributed by atoms with van der Waals surface area (Å²) in [7, 11) is 0. The standard InChI is InChI=1S/C11H23NO2/c1-4-6-11(3,10-14)9-12(5-2)7-8-13/h10,13H,4-9H2,1-3H3. The lowest BCUT2D eigenvalue weighted by Crippen LogP contribution is -2.38. The minimum atomic E-state index is -0.250. The first kappa shape index (κ1) is 13.6. The normalized spacial score (nSPS) is 15.5. The zero-order chi connectivity index (χ0) is 11.0. The molecule has 0 rings (SSSR count). The van der Waals surface area contributed by atoms with E-state index in [1.165, 1.54) is 0 Å². The molecule has 0 bridgehead atoms. The van der Waals surface area contributed by atoms with E-state index in [1.807, 2.05) is 13.8 Å². The van der Waals surface area contributed by atoms with E-state index in [-0.39, 0.29) is 12.0 Å². The van der Waals surface area contributed by atoms with Gasteiger partial charge in [-0.25, -0.2) is 0 Å². The highest BCUT2D eigenvalue weighted by Gasteiger charge is 2.24. The van der Waals surface area contributed by atoms with Gasteiger partial charge >= 0.3 is 0 Å². The second-order valence-electron chi connectivity index (χ2n) is 4.11. The van der Waals surface area contributed by atoms with Crippen LogP contribution >= 0.6 is 0 Å². The van der Waals surface area contributed by atoms with Gasteiger partial charge in [0, 0.05) is 18.5 Å². The van der Waals surface area contributed by atoms with E-state index < -0.39 is 0 Å². The van der Waals surface area contributed by atoms with Crippen LogP contribution in [0.1, 0.15) is 33.6 Å². The van der Waals surface area contributed by atoms with E-state index in [4.69, 9.17) is 5.11 Å². The SMILES string of the molecule is CCCC(C)(C=O)CN(CC)CCO. The van der Waals surface area contributed by atoms with Crippen molar-refractivity contribution in [2.45, 2.75) is 33.6 Å². The fourth-order valence-corrected chi connectivity index (χ4v) is 1.75. The number of nitrogens with zero attached hydrogens (tertiary/aromatic N) is 1. The number of carbonyl (C=O) groups is 1. The molecule has 84 valence electrons. The number of carbonyl (C=O) groups excluding carboxylic acids is 1. The van der Waals surface area contributed by atoms with Crippen LogP contribution in [0.3, 0.4) is 0 Å². The largest absolute Gasteiger partial charge is 0.395 e. The molecule has 0 saturated carbocycles. The molecule has 0 amide bonds. The maximum Gasteiger partial charge on any atom is 0.127 e. The van der Waals surface area contributed by atoms with E-state index in [0.717, 1.165) is 32.2 Å². The van der Waals surface area contributed by atoms with Crippen LogP contribution in [-0.2, 0) is 4.79 Å². The molecular formula is C11H23NO2. The number of aliphatic hydroxyl groups is 1. The molecule has 0 fully saturated rings. The van der Waals surface area contributed by atoms with Crippen molar-refractivity contribution in [3.05, 3.63) is 0 Å². The lowest BCUT2D eigenvalue weighted by atomic mass is 9.87. The van der Waals surface area contributed by atoms with E-state index in [2.05, 4.69) is 11.8 Å². The van der Waals surface area contributed by atoms with Crippen molar-refractivity contribution in [1.29, 1.82) is 0 Å². The maximum absolute atomic E-state index is 11.0. The second-order valence-corrected chi connectivity index (χ2v) is 4.11. The van der Waals surface area contributed by atoms with E-state index in [1.54, 1.807) is 0 Å². The number of aldehydes is 1. The summed E-state index contributed by atoms with van der Waals surface area (Å²) in [5, 5.41) is 8.84. The monoisotopic (exact) mass is 201 g/mol. The molecule has 14 heavy (non-hydrogen) atoms. The number of hydrogen-bond acceptors (Lipinski definition) is 3. The molecule has 0 spiro atoms. The molecular weight excluding hydrogens is 178 g/mol. The van der Waals surface area contributed by atoms with Gasteiger partial charge in [-0.15, -0.1) is 0 Å². The Morgan fingerprint density at radius 2 is 2.07 bits per heavy atom. The molecule has 0 aromatic rings. The number of hydrogen-bond donors (Lipinski definition) is 1. The van der Waals surface area contributed by atoms with Gasteiger partial charge in [0.15, 0.2) is 0 Å². The van der Waals surface area contributed by atoms with E-state index >= 15 is 0 Å². The number of aliphatic hydroxyl groups excluding tert-OH is 1. The molecule has 0 aromatic carbocycles. The predicted octanol–water partition coefficient (Wildman–Crippen LogP) is 1.31. The van der Waals surface area contributed by atoms with Crippen molar-refractivity contribution in [2.75, 3.05) is 26.2 Å². The molecule has 0 heterocycles. The van der Waals surface area contributed by atoms with Crippen molar-refractivity contribution in [3.8, 4) is 0 Å². The molecule has 1 atom stereocenters. The van der Waals surface area contributed by atoms with Crippen molar-refractivity contribution in [1.82, 2.24) is 4.90 Å². The second kappa shape index (κ2) is 6.96. The topological polar surface area (TPSA) is 40.5 Å².